The van der Waals surface area contributed by atoms with Crippen LogP contribution in [0, 0.1) is 6.92 Å². The quantitative estimate of drug-likeness (QED) is 0.509. The molecule has 1 saturated heterocycles. The van der Waals surface area contributed by atoms with Gasteiger partial charge in [-0.15, -0.1) is 0 Å². The van der Waals surface area contributed by atoms with Crippen molar-refractivity contribution in [3.8, 4) is 5.69 Å². The van der Waals surface area contributed by atoms with Gasteiger partial charge >= 0.3 is 12.1 Å². The van der Waals surface area contributed by atoms with Crippen LogP contribution in [0.4, 0.5) is 13.2 Å². The standard InChI is InChI=1S/C26H24F3N3O4/c1-17-15-21(33)22(30-32(17)20-10-6-9-19(16-20)26(27,28)29)23(34)31-13-11-25(12-14-31,24(35)36-2)18-7-4-3-5-8-18/h3-10,15-16H,11-14H2,1-2H3. The highest BCUT2D eigenvalue weighted by Crippen LogP contribution is 2.37. The number of nitrogens with zero attached hydrogens (tertiary/aromatic N) is 3. The molecule has 188 valence electrons. The van der Waals surface area contributed by atoms with Crippen LogP contribution in [0.1, 0.15) is 40.2 Å². The molecule has 0 N–H and O–H groups in total. The molecule has 1 aliphatic rings. The highest BCUT2D eigenvalue weighted by Gasteiger charge is 2.45. The number of alkyl halides is 3. The number of aryl methyl sites for hydroxylation is 1. The minimum Gasteiger partial charge on any atom is -0.468 e. The van der Waals surface area contributed by atoms with Crippen LogP contribution in [0.3, 0.4) is 0 Å². The summed E-state index contributed by atoms with van der Waals surface area (Å²) in [4.78, 5) is 40.1. The van der Waals surface area contributed by atoms with Gasteiger partial charge in [0.2, 0.25) is 5.43 Å². The predicted molar refractivity (Wildman–Crippen MR) is 125 cm³/mol. The molecule has 1 amide bonds. The van der Waals surface area contributed by atoms with E-state index in [-0.39, 0.29) is 37.3 Å². The number of esters is 1. The summed E-state index contributed by atoms with van der Waals surface area (Å²) in [5, 5.41) is 4.14. The summed E-state index contributed by atoms with van der Waals surface area (Å²) in [6.07, 6.45) is -3.99. The van der Waals surface area contributed by atoms with Gasteiger partial charge in [-0.3, -0.25) is 14.4 Å². The van der Waals surface area contributed by atoms with E-state index in [1.54, 1.807) is 0 Å². The van der Waals surface area contributed by atoms with Gasteiger partial charge in [0, 0.05) is 24.8 Å². The number of carbonyl (C=O) groups is 2. The van der Waals surface area contributed by atoms with Crippen LogP contribution in [-0.4, -0.2) is 46.8 Å². The lowest BCUT2D eigenvalue weighted by molar-refractivity contribution is -0.149. The van der Waals surface area contributed by atoms with Crippen LogP contribution in [-0.2, 0) is 21.1 Å². The lowest BCUT2D eigenvalue weighted by atomic mass is 9.72. The highest BCUT2D eigenvalue weighted by molar-refractivity contribution is 5.92. The Hall–Kier alpha value is -3.95. The first-order valence-corrected chi connectivity index (χ1v) is 11.3. The predicted octanol–water partition coefficient (Wildman–Crippen LogP) is 3.91. The summed E-state index contributed by atoms with van der Waals surface area (Å²) in [5.74, 6) is -1.05. The zero-order valence-electron chi connectivity index (χ0n) is 19.7. The van der Waals surface area contributed by atoms with Crippen molar-refractivity contribution >= 4 is 11.9 Å². The molecule has 0 unspecified atom stereocenters. The Balaban J connectivity index is 1.63. The van der Waals surface area contributed by atoms with Gasteiger partial charge in [0.25, 0.3) is 5.91 Å². The van der Waals surface area contributed by atoms with Gasteiger partial charge in [-0.05, 0) is 43.5 Å². The third kappa shape index (κ3) is 4.62. The number of methoxy groups -OCH3 is 1. The number of benzene rings is 2. The minimum absolute atomic E-state index is 0.0730. The smallest absolute Gasteiger partial charge is 0.416 e. The van der Waals surface area contributed by atoms with Gasteiger partial charge in [-0.1, -0.05) is 36.4 Å². The third-order valence-corrected chi connectivity index (χ3v) is 6.53. The molecule has 0 atom stereocenters. The third-order valence-electron chi connectivity index (χ3n) is 6.53. The normalized spacial score (nSPS) is 15.4. The summed E-state index contributed by atoms with van der Waals surface area (Å²) in [7, 11) is 1.32. The van der Waals surface area contributed by atoms with Gasteiger partial charge in [0.15, 0.2) is 5.69 Å². The molecule has 0 bridgehead atoms. The van der Waals surface area contributed by atoms with Gasteiger partial charge in [-0.2, -0.15) is 18.3 Å². The van der Waals surface area contributed by atoms with Gasteiger partial charge in [0.05, 0.1) is 23.8 Å². The highest BCUT2D eigenvalue weighted by atomic mass is 19.4. The van der Waals surface area contributed by atoms with Crippen LogP contribution in [0.5, 0.6) is 0 Å². The van der Waals surface area contributed by atoms with E-state index < -0.39 is 40.2 Å². The number of carbonyl (C=O) groups excluding carboxylic acids is 2. The van der Waals surface area contributed by atoms with E-state index in [4.69, 9.17) is 4.74 Å². The van der Waals surface area contributed by atoms with E-state index >= 15 is 0 Å². The number of rotatable bonds is 4. The SMILES string of the molecule is COC(=O)C1(c2ccccc2)CCN(C(=O)c2nn(-c3cccc(C(F)(F)F)c3)c(C)cc2=O)CC1. The molecule has 0 saturated carbocycles. The minimum atomic E-state index is -4.56. The Morgan fingerprint density at radius 2 is 1.67 bits per heavy atom. The maximum atomic E-state index is 13.3. The fourth-order valence-electron chi connectivity index (χ4n) is 4.58. The Bertz CT molecular complexity index is 1340. The molecule has 7 nitrogen and oxygen atoms in total. The number of halogens is 3. The molecular formula is C26H24F3N3O4. The van der Waals surface area contributed by atoms with Gasteiger partial charge in [0.1, 0.15) is 0 Å². The lowest BCUT2D eigenvalue weighted by Gasteiger charge is -2.39. The Labute approximate surface area is 205 Å². The van der Waals surface area contributed by atoms with Crippen LogP contribution < -0.4 is 5.43 Å². The molecule has 2 heterocycles. The number of ether oxygens (including phenoxy) is 1. The van der Waals surface area contributed by atoms with E-state index in [1.165, 1.54) is 37.1 Å². The first-order chi connectivity index (χ1) is 17.1. The summed E-state index contributed by atoms with van der Waals surface area (Å²) in [6.45, 7) is 1.86. The van der Waals surface area contributed by atoms with Crippen molar-refractivity contribution in [2.75, 3.05) is 20.2 Å². The van der Waals surface area contributed by atoms with Crippen LogP contribution in [0.25, 0.3) is 5.69 Å². The monoisotopic (exact) mass is 499 g/mol. The Morgan fingerprint density at radius 3 is 2.28 bits per heavy atom. The molecule has 3 aromatic rings. The van der Waals surface area contributed by atoms with Crippen molar-refractivity contribution in [2.45, 2.75) is 31.4 Å². The number of aromatic nitrogens is 2. The fourth-order valence-corrected chi connectivity index (χ4v) is 4.58. The zero-order valence-corrected chi connectivity index (χ0v) is 19.7. The zero-order chi connectivity index (χ0) is 26.1. The topological polar surface area (TPSA) is 81.5 Å². The summed E-state index contributed by atoms with van der Waals surface area (Å²) >= 11 is 0. The summed E-state index contributed by atoms with van der Waals surface area (Å²) in [6, 6.07) is 14.8. The number of likely N-dealkylation sites (tertiary alicyclic amines) is 1. The molecule has 0 aliphatic carbocycles. The number of piperidine rings is 1. The van der Waals surface area contributed by atoms with E-state index in [9.17, 15) is 27.6 Å². The molecule has 36 heavy (non-hydrogen) atoms. The number of hydrogen-bond donors (Lipinski definition) is 0. The molecule has 1 fully saturated rings. The molecule has 0 radical (unpaired) electrons. The molecule has 2 aromatic carbocycles. The van der Waals surface area contributed by atoms with Crippen molar-refractivity contribution in [1.82, 2.24) is 14.7 Å². The van der Waals surface area contributed by atoms with Crippen molar-refractivity contribution in [3.63, 3.8) is 0 Å². The first-order valence-electron chi connectivity index (χ1n) is 11.3. The second-order valence-electron chi connectivity index (χ2n) is 8.69. The number of amides is 1. The van der Waals surface area contributed by atoms with Crippen molar-refractivity contribution < 1.29 is 27.5 Å². The average molecular weight is 499 g/mol. The van der Waals surface area contributed by atoms with E-state index in [2.05, 4.69) is 5.10 Å². The molecule has 1 aliphatic heterocycles. The summed E-state index contributed by atoms with van der Waals surface area (Å²) in [5.41, 5.74) is -1.69. The Kier molecular flexibility index (Phi) is 6.71. The van der Waals surface area contributed by atoms with E-state index in [0.29, 0.717) is 0 Å². The average Bonchev–Trinajstić information content (AvgIpc) is 2.88. The second kappa shape index (κ2) is 9.60. The fraction of sp³-hybridized carbons (Fsp3) is 0.308. The lowest BCUT2D eigenvalue weighted by Crippen LogP contribution is -2.50. The van der Waals surface area contributed by atoms with Crippen LogP contribution in [0.15, 0.2) is 65.5 Å². The largest absolute Gasteiger partial charge is 0.468 e. The Morgan fingerprint density at radius 1 is 1.00 bits per heavy atom. The molecule has 0 spiro atoms. The summed E-state index contributed by atoms with van der Waals surface area (Å²) < 4.78 is 45.8. The maximum absolute atomic E-state index is 13.3. The second-order valence-corrected chi connectivity index (χ2v) is 8.69. The van der Waals surface area contributed by atoms with Crippen LogP contribution >= 0.6 is 0 Å². The van der Waals surface area contributed by atoms with E-state index in [0.717, 1.165) is 22.4 Å². The van der Waals surface area contributed by atoms with Crippen molar-refractivity contribution in [3.05, 3.63) is 93.4 Å². The first kappa shape index (κ1) is 25.2. The molecule has 1 aromatic heterocycles. The maximum Gasteiger partial charge on any atom is 0.416 e. The van der Waals surface area contributed by atoms with Crippen molar-refractivity contribution in [2.24, 2.45) is 0 Å². The van der Waals surface area contributed by atoms with Crippen LogP contribution in [0.2, 0.25) is 0 Å². The molecular weight excluding hydrogens is 475 g/mol. The van der Waals surface area contributed by atoms with Gasteiger partial charge < -0.3 is 9.64 Å². The van der Waals surface area contributed by atoms with Gasteiger partial charge in [-0.25, -0.2) is 4.68 Å². The van der Waals surface area contributed by atoms with Crippen molar-refractivity contribution in [1.29, 1.82) is 0 Å². The number of hydrogen-bond acceptors (Lipinski definition) is 5. The molecule has 10 heteroatoms. The van der Waals surface area contributed by atoms with E-state index in [1.807, 2.05) is 30.3 Å². The molecule has 4 rings (SSSR count).